The zero-order valence-corrected chi connectivity index (χ0v) is 15.2. The first-order valence-corrected chi connectivity index (χ1v) is 8.61. The van der Waals surface area contributed by atoms with E-state index in [4.69, 9.17) is 9.90 Å². The molecule has 2 atom stereocenters. The van der Waals surface area contributed by atoms with Gasteiger partial charge in [0, 0.05) is 19.0 Å². The van der Waals surface area contributed by atoms with Crippen LogP contribution in [0.4, 0.5) is 26.3 Å². The first-order chi connectivity index (χ1) is 13.3. The first kappa shape index (κ1) is 22.9. The van der Waals surface area contributed by atoms with E-state index >= 15 is 0 Å². The molecule has 2 aliphatic rings. The number of carboxylic acid groups (broad SMARTS) is 1. The molecule has 29 heavy (non-hydrogen) atoms. The Balaban J connectivity index is 0.000000370. The highest BCUT2D eigenvalue weighted by Crippen LogP contribution is 2.30. The summed E-state index contributed by atoms with van der Waals surface area (Å²) in [6.07, 6.45) is -8.84. The lowest BCUT2D eigenvalue weighted by Gasteiger charge is -2.35. The third kappa shape index (κ3) is 5.58. The van der Waals surface area contributed by atoms with Gasteiger partial charge < -0.3 is 19.9 Å². The van der Waals surface area contributed by atoms with Crippen LogP contribution in [0, 0.1) is 11.8 Å². The number of aliphatic carboxylic acids is 1. The van der Waals surface area contributed by atoms with Crippen molar-refractivity contribution < 1.29 is 41.0 Å². The van der Waals surface area contributed by atoms with Gasteiger partial charge in [0.2, 0.25) is 11.7 Å². The highest BCUT2D eigenvalue weighted by Gasteiger charge is 2.41. The number of carbonyl (C=O) groups excluding carboxylic acids is 1. The topological polar surface area (TPSA) is 100 Å². The van der Waals surface area contributed by atoms with Gasteiger partial charge in [-0.2, -0.15) is 26.3 Å². The molecule has 1 aromatic rings. The predicted octanol–water partition coefficient (Wildman–Crippen LogP) is 1.52. The average molecular weight is 431 g/mol. The third-order valence-electron chi connectivity index (χ3n) is 4.66. The van der Waals surface area contributed by atoms with Crippen LogP contribution in [0.1, 0.15) is 25.0 Å². The van der Waals surface area contributed by atoms with Crippen molar-refractivity contribution >= 4 is 11.9 Å². The number of rotatable bonds is 1. The monoisotopic (exact) mass is 431 g/mol. The quantitative estimate of drug-likeness (QED) is 0.654. The van der Waals surface area contributed by atoms with Gasteiger partial charge in [-0.05, 0) is 25.4 Å². The Morgan fingerprint density at radius 3 is 2.28 bits per heavy atom. The van der Waals surface area contributed by atoms with E-state index in [1.807, 2.05) is 6.92 Å². The maximum absolute atomic E-state index is 12.8. The van der Waals surface area contributed by atoms with Crippen molar-refractivity contribution in [2.45, 2.75) is 38.8 Å². The van der Waals surface area contributed by atoms with Gasteiger partial charge in [0.15, 0.2) is 5.82 Å². The summed E-state index contributed by atoms with van der Waals surface area (Å²) >= 11 is 0. The first-order valence-electron chi connectivity index (χ1n) is 8.61. The molecular formula is C15H19F6N5O3. The molecule has 2 aliphatic heterocycles. The van der Waals surface area contributed by atoms with Gasteiger partial charge in [0.1, 0.15) is 0 Å². The average Bonchev–Trinajstić information content (AvgIpc) is 3.04. The van der Waals surface area contributed by atoms with Crippen molar-refractivity contribution in [3.05, 3.63) is 11.6 Å². The molecular weight excluding hydrogens is 412 g/mol. The number of fused-ring (bicyclic) bond motifs is 1. The smallest absolute Gasteiger partial charge is 0.475 e. The number of halogens is 6. The molecule has 1 amide bonds. The van der Waals surface area contributed by atoms with Crippen molar-refractivity contribution in [1.29, 1.82) is 0 Å². The Labute approximate surface area is 160 Å². The fourth-order valence-corrected chi connectivity index (χ4v) is 3.17. The molecule has 0 unspecified atom stereocenters. The maximum atomic E-state index is 12.8. The lowest BCUT2D eigenvalue weighted by molar-refractivity contribution is -0.192. The van der Waals surface area contributed by atoms with Crippen molar-refractivity contribution in [1.82, 2.24) is 25.0 Å². The minimum atomic E-state index is -5.08. The SMILES string of the molecule is C[C@@H]1CNCC[C@@H]1C(=O)N1CCn2c(nnc2C(F)(F)F)C1.O=C(O)C(F)(F)F. The highest BCUT2D eigenvalue weighted by molar-refractivity contribution is 5.79. The summed E-state index contributed by atoms with van der Waals surface area (Å²) in [7, 11) is 0. The van der Waals surface area contributed by atoms with Crippen LogP contribution in [0.3, 0.4) is 0 Å². The number of aromatic nitrogens is 3. The molecule has 1 fully saturated rings. The summed E-state index contributed by atoms with van der Waals surface area (Å²) in [6, 6.07) is 0. The van der Waals surface area contributed by atoms with Gasteiger partial charge in [0.05, 0.1) is 6.54 Å². The van der Waals surface area contributed by atoms with E-state index in [1.165, 1.54) is 0 Å². The Kier molecular flexibility index (Phi) is 6.75. The highest BCUT2D eigenvalue weighted by atomic mass is 19.4. The Bertz CT molecular complexity index is 748. The van der Waals surface area contributed by atoms with Gasteiger partial charge in [-0.25, -0.2) is 4.79 Å². The van der Waals surface area contributed by atoms with Crippen LogP contribution in [-0.2, 0) is 28.9 Å². The number of alkyl halides is 6. The summed E-state index contributed by atoms with van der Waals surface area (Å²) in [5.41, 5.74) is 0. The van der Waals surface area contributed by atoms with Gasteiger partial charge in [0.25, 0.3) is 0 Å². The molecule has 0 saturated carbocycles. The summed E-state index contributed by atoms with van der Waals surface area (Å²) in [6.45, 7) is 4.05. The van der Waals surface area contributed by atoms with E-state index in [1.54, 1.807) is 4.90 Å². The van der Waals surface area contributed by atoms with E-state index < -0.39 is 24.1 Å². The van der Waals surface area contributed by atoms with Crippen molar-refractivity contribution in [2.75, 3.05) is 19.6 Å². The minimum Gasteiger partial charge on any atom is -0.475 e. The molecule has 1 aromatic heterocycles. The second-order valence-electron chi connectivity index (χ2n) is 6.73. The Hall–Kier alpha value is -2.38. The van der Waals surface area contributed by atoms with Crippen molar-refractivity contribution in [3.63, 3.8) is 0 Å². The van der Waals surface area contributed by atoms with Gasteiger partial charge in [-0.1, -0.05) is 6.92 Å². The molecule has 1 saturated heterocycles. The lowest BCUT2D eigenvalue weighted by Crippen LogP contribution is -2.47. The molecule has 3 heterocycles. The summed E-state index contributed by atoms with van der Waals surface area (Å²) in [5.74, 6) is -3.37. The molecule has 8 nitrogen and oxygen atoms in total. The van der Waals surface area contributed by atoms with Crippen LogP contribution < -0.4 is 5.32 Å². The van der Waals surface area contributed by atoms with E-state index in [0.29, 0.717) is 0 Å². The van der Waals surface area contributed by atoms with Crippen LogP contribution >= 0.6 is 0 Å². The van der Waals surface area contributed by atoms with E-state index in [0.717, 1.165) is 24.1 Å². The standard InChI is InChI=1S/C13H18F3N5O.C2HF3O2/c1-8-6-17-3-2-9(8)11(22)20-4-5-21-10(7-20)18-19-12(21)13(14,15)16;3-2(4,5)1(6)7/h8-9,17H,2-7H2,1H3;(H,6,7)/t8-,9+;/m1./s1. The fourth-order valence-electron chi connectivity index (χ4n) is 3.17. The number of amides is 1. The van der Waals surface area contributed by atoms with Crippen molar-refractivity contribution in [3.8, 4) is 0 Å². The number of nitrogens with one attached hydrogen (secondary N) is 1. The number of nitrogens with zero attached hydrogens (tertiary/aromatic N) is 4. The number of piperidine rings is 1. The number of carboxylic acids is 1. The minimum absolute atomic E-state index is 0.0109. The molecule has 0 radical (unpaired) electrons. The van der Waals surface area contributed by atoms with E-state index in [-0.39, 0.29) is 43.2 Å². The Morgan fingerprint density at radius 1 is 1.14 bits per heavy atom. The van der Waals surface area contributed by atoms with Crippen LogP contribution in [-0.4, -0.2) is 62.5 Å². The number of hydrogen-bond acceptors (Lipinski definition) is 5. The molecule has 0 aliphatic carbocycles. The number of carbonyl (C=O) groups is 2. The lowest BCUT2D eigenvalue weighted by atomic mass is 9.86. The van der Waals surface area contributed by atoms with Crippen LogP contribution in [0.25, 0.3) is 0 Å². The molecule has 0 aromatic carbocycles. The fraction of sp³-hybridized carbons (Fsp3) is 0.733. The van der Waals surface area contributed by atoms with Gasteiger partial charge in [-0.3, -0.25) is 4.79 Å². The third-order valence-corrected chi connectivity index (χ3v) is 4.66. The molecule has 0 spiro atoms. The zero-order valence-electron chi connectivity index (χ0n) is 15.2. The van der Waals surface area contributed by atoms with Crippen LogP contribution in [0.15, 0.2) is 0 Å². The van der Waals surface area contributed by atoms with Gasteiger partial charge >= 0.3 is 18.3 Å². The predicted molar refractivity (Wildman–Crippen MR) is 84.3 cm³/mol. The zero-order chi connectivity index (χ0) is 22.0. The second-order valence-corrected chi connectivity index (χ2v) is 6.73. The molecule has 14 heteroatoms. The summed E-state index contributed by atoms with van der Waals surface area (Å²) < 4.78 is 71.2. The molecule has 3 rings (SSSR count). The molecule has 164 valence electrons. The summed E-state index contributed by atoms with van der Waals surface area (Å²) in [5, 5.41) is 17.2. The maximum Gasteiger partial charge on any atom is 0.490 e. The summed E-state index contributed by atoms with van der Waals surface area (Å²) in [4.78, 5) is 23.1. The normalized spacial score (nSPS) is 22.4. The molecule has 2 N–H and O–H groups in total. The number of hydrogen-bond donors (Lipinski definition) is 2. The largest absolute Gasteiger partial charge is 0.490 e. The van der Waals surface area contributed by atoms with E-state index in [2.05, 4.69) is 15.5 Å². The van der Waals surface area contributed by atoms with E-state index in [9.17, 15) is 31.1 Å². The second kappa shape index (κ2) is 8.55. The van der Waals surface area contributed by atoms with Crippen LogP contribution in [0.2, 0.25) is 0 Å². The Morgan fingerprint density at radius 2 is 1.76 bits per heavy atom. The van der Waals surface area contributed by atoms with Crippen molar-refractivity contribution in [2.24, 2.45) is 11.8 Å². The molecule has 0 bridgehead atoms. The van der Waals surface area contributed by atoms with Gasteiger partial charge in [-0.15, -0.1) is 10.2 Å². The van der Waals surface area contributed by atoms with Crippen LogP contribution in [0.5, 0.6) is 0 Å².